The van der Waals surface area contributed by atoms with E-state index in [1.165, 1.54) is 0 Å². The molecule has 0 atom stereocenters. The van der Waals surface area contributed by atoms with Crippen LogP contribution >= 0.6 is 0 Å². The van der Waals surface area contributed by atoms with Gasteiger partial charge in [-0.3, -0.25) is 9.48 Å². The van der Waals surface area contributed by atoms with Crippen LogP contribution in [0.1, 0.15) is 22.5 Å². The number of carbonyl (C=O) groups excluding carboxylic acids is 1. The van der Waals surface area contributed by atoms with Crippen molar-refractivity contribution in [3.63, 3.8) is 0 Å². The molecule has 0 unspecified atom stereocenters. The number of hydrogen-bond donors (Lipinski definition) is 1. The molecule has 0 radical (unpaired) electrons. The third-order valence-corrected chi connectivity index (χ3v) is 3.36. The number of aromatic nitrogens is 2. The first kappa shape index (κ1) is 14.3. The lowest BCUT2D eigenvalue weighted by Crippen LogP contribution is -2.33. The minimum atomic E-state index is -0.0322. The normalized spacial score (nSPS) is 10.6. The molecule has 1 heterocycles. The molecule has 2 N–H and O–H groups in total. The van der Waals surface area contributed by atoms with Crippen molar-refractivity contribution in [2.75, 3.05) is 18.0 Å². The Morgan fingerprint density at radius 3 is 2.60 bits per heavy atom. The maximum Gasteiger partial charge on any atom is 0.261 e. The van der Waals surface area contributed by atoms with Crippen molar-refractivity contribution in [2.45, 2.75) is 13.3 Å². The number of nitrogens with zero attached hydrogens (tertiary/aromatic N) is 3. The second kappa shape index (κ2) is 6.34. The van der Waals surface area contributed by atoms with Gasteiger partial charge in [0.15, 0.2) is 0 Å². The van der Waals surface area contributed by atoms with Crippen molar-refractivity contribution in [3.05, 3.63) is 47.8 Å². The molecule has 0 saturated heterocycles. The molecule has 20 heavy (non-hydrogen) atoms. The number of para-hydroxylation sites is 1. The Hall–Kier alpha value is -2.14. The molecule has 1 aromatic heterocycles. The summed E-state index contributed by atoms with van der Waals surface area (Å²) >= 11 is 0. The molecule has 1 amide bonds. The molecule has 2 rings (SSSR count). The van der Waals surface area contributed by atoms with Crippen LogP contribution in [0.15, 0.2) is 36.5 Å². The Morgan fingerprint density at radius 2 is 2.05 bits per heavy atom. The summed E-state index contributed by atoms with van der Waals surface area (Å²) in [5.41, 5.74) is 7.95. The van der Waals surface area contributed by atoms with E-state index in [0.29, 0.717) is 18.7 Å². The minimum absolute atomic E-state index is 0.0322. The Labute approximate surface area is 119 Å². The number of anilines is 1. The van der Waals surface area contributed by atoms with Gasteiger partial charge in [-0.15, -0.1) is 0 Å². The van der Waals surface area contributed by atoms with Crippen LogP contribution in [0.3, 0.4) is 0 Å². The van der Waals surface area contributed by atoms with Gasteiger partial charge in [-0.2, -0.15) is 5.10 Å². The largest absolute Gasteiger partial charge is 0.330 e. The molecule has 0 spiro atoms. The highest BCUT2D eigenvalue weighted by Crippen LogP contribution is 2.18. The fourth-order valence-corrected chi connectivity index (χ4v) is 2.06. The first-order chi connectivity index (χ1) is 9.65. The van der Waals surface area contributed by atoms with E-state index in [1.54, 1.807) is 15.8 Å². The number of rotatable bonds is 5. The topological polar surface area (TPSA) is 64.2 Å². The Kier molecular flexibility index (Phi) is 4.53. The zero-order chi connectivity index (χ0) is 14.5. The second-order valence-electron chi connectivity index (χ2n) is 4.70. The highest BCUT2D eigenvalue weighted by Gasteiger charge is 2.20. The van der Waals surface area contributed by atoms with E-state index < -0.39 is 0 Å². The average Bonchev–Trinajstić information content (AvgIpc) is 2.80. The summed E-state index contributed by atoms with van der Waals surface area (Å²) in [4.78, 5) is 14.5. The molecule has 0 saturated carbocycles. The monoisotopic (exact) mass is 272 g/mol. The quantitative estimate of drug-likeness (QED) is 0.901. The molecular weight excluding hydrogens is 252 g/mol. The first-order valence-corrected chi connectivity index (χ1v) is 6.70. The van der Waals surface area contributed by atoms with Gasteiger partial charge in [-0.1, -0.05) is 18.2 Å². The average molecular weight is 272 g/mol. The number of hydrogen-bond acceptors (Lipinski definition) is 3. The zero-order valence-electron chi connectivity index (χ0n) is 11.9. The number of carbonyl (C=O) groups is 1. The molecule has 2 aromatic rings. The lowest BCUT2D eigenvalue weighted by atomic mass is 10.2. The third-order valence-electron chi connectivity index (χ3n) is 3.36. The van der Waals surface area contributed by atoms with E-state index in [0.717, 1.165) is 17.8 Å². The highest BCUT2D eigenvalue weighted by atomic mass is 16.2. The van der Waals surface area contributed by atoms with E-state index in [9.17, 15) is 4.79 Å². The van der Waals surface area contributed by atoms with Crippen LogP contribution in [-0.4, -0.2) is 28.8 Å². The van der Waals surface area contributed by atoms with Gasteiger partial charge in [-0.05, 0) is 32.0 Å². The second-order valence-corrected chi connectivity index (χ2v) is 4.70. The predicted octanol–water partition coefficient (Wildman–Crippen LogP) is 1.72. The highest BCUT2D eigenvalue weighted by molar-refractivity contribution is 6.06. The number of amides is 1. The smallest absolute Gasteiger partial charge is 0.261 e. The molecule has 0 aliphatic rings. The third kappa shape index (κ3) is 2.88. The molecule has 0 aliphatic heterocycles. The number of benzene rings is 1. The first-order valence-electron chi connectivity index (χ1n) is 6.70. The van der Waals surface area contributed by atoms with Gasteiger partial charge in [0.25, 0.3) is 5.91 Å². The minimum Gasteiger partial charge on any atom is -0.330 e. The standard InChI is InChI=1S/C15H20N4O/c1-12-14(11-17-18(12)2)15(20)19(10-6-9-16)13-7-4-3-5-8-13/h3-5,7-8,11H,6,9-10,16H2,1-2H3. The SMILES string of the molecule is Cc1c(C(=O)N(CCCN)c2ccccc2)cnn1C. The van der Waals surface area contributed by atoms with Gasteiger partial charge in [-0.25, -0.2) is 0 Å². The molecule has 0 bridgehead atoms. The van der Waals surface area contributed by atoms with E-state index >= 15 is 0 Å². The van der Waals surface area contributed by atoms with Crippen LogP contribution in [0.25, 0.3) is 0 Å². The van der Waals surface area contributed by atoms with Crippen molar-refractivity contribution in [3.8, 4) is 0 Å². The van der Waals surface area contributed by atoms with Gasteiger partial charge in [0.05, 0.1) is 11.8 Å². The summed E-state index contributed by atoms with van der Waals surface area (Å²) in [5.74, 6) is -0.0322. The van der Waals surface area contributed by atoms with Crippen LogP contribution < -0.4 is 10.6 Å². The van der Waals surface area contributed by atoms with Gasteiger partial charge < -0.3 is 10.6 Å². The van der Waals surface area contributed by atoms with Crippen LogP contribution in [0.2, 0.25) is 0 Å². The summed E-state index contributed by atoms with van der Waals surface area (Å²) in [6.45, 7) is 3.06. The lowest BCUT2D eigenvalue weighted by Gasteiger charge is -2.22. The number of nitrogens with two attached hydrogens (primary N) is 1. The van der Waals surface area contributed by atoms with Crippen molar-refractivity contribution in [1.29, 1.82) is 0 Å². The van der Waals surface area contributed by atoms with Crippen LogP contribution in [-0.2, 0) is 7.05 Å². The zero-order valence-corrected chi connectivity index (χ0v) is 11.9. The summed E-state index contributed by atoms with van der Waals surface area (Å²) in [7, 11) is 1.83. The van der Waals surface area contributed by atoms with E-state index in [4.69, 9.17) is 5.73 Å². The van der Waals surface area contributed by atoms with Crippen LogP contribution in [0.5, 0.6) is 0 Å². The Balaban J connectivity index is 2.31. The van der Waals surface area contributed by atoms with Crippen molar-refractivity contribution in [2.24, 2.45) is 12.8 Å². The van der Waals surface area contributed by atoms with Crippen molar-refractivity contribution < 1.29 is 4.79 Å². The van der Waals surface area contributed by atoms with Gasteiger partial charge in [0.2, 0.25) is 0 Å². The summed E-state index contributed by atoms with van der Waals surface area (Å²) in [5, 5.41) is 4.14. The van der Waals surface area contributed by atoms with Crippen LogP contribution in [0.4, 0.5) is 5.69 Å². The molecule has 5 nitrogen and oxygen atoms in total. The molecular formula is C15H20N4O. The molecule has 1 aromatic carbocycles. The fourth-order valence-electron chi connectivity index (χ4n) is 2.06. The van der Waals surface area contributed by atoms with Gasteiger partial charge in [0, 0.05) is 25.0 Å². The molecule has 106 valence electrons. The van der Waals surface area contributed by atoms with Crippen molar-refractivity contribution >= 4 is 11.6 Å². The van der Waals surface area contributed by atoms with E-state index in [2.05, 4.69) is 5.10 Å². The van der Waals surface area contributed by atoms with Crippen LogP contribution in [0, 0.1) is 6.92 Å². The maximum atomic E-state index is 12.7. The van der Waals surface area contributed by atoms with Gasteiger partial charge in [0.1, 0.15) is 0 Å². The summed E-state index contributed by atoms with van der Waals surface area (Å²) in [6.07, 6.45) is 2.38. The predicted molar refractivity (Wildman–Crippen MR) is 79.7 cm³/mol. The fraction of sp³-hybridized carbons (Fsp3) is 0.333. The molecule has 5 heteroatoms. The Bertz CT molecular complexity index is 577. The summed E-state index contributed by atoms with van der Waals surface area (Å²) < 4.78 is 1.71. The maximum absolute atomic E-state index is 12.7. The summed E-state index contributed by atoms with van der Waals surface area (Å²) in [6, 6.07) is 9.65. The molecule has 0 fully saturated rings. The van der Waals surface area contributed by atoms with Crippen molar-refractivity contribution in [1.82, 2.24) is 9.78 Å². The lowest BCUT2D eigenvalue weighted by molar-refractivity contribution is 0.0986. The Morgan fingerprint density at radius 1 is 1.35 bits per heavy atom. The van der Waals surface area contributed by atoms with Gasteiger partial charge >= 0.3 is 0 Å². The van der Waals surface area contributed by atoms with E-state index in [1.807, 2.05) is 44.3 Å². The molecule has 0 aliphatic carbocycles. The number of aryl methyl sites for hydroxylation is 1. The van der Waals surface area contributed by atoms with E-state index in [-0.39, 0.29) is 5.91 Å².